The normalized spacial score (nSPS) is 11.2. The number of imidazole rings is 1. The maximum atomic E-state index is 6.25. The summed E-state index contributed by atoms with van der Waals surface area (Å²) in [5.41, 5.74) is 4.04. The molecule has 1 aromatic heterocycles. The van der Waals surface area contributed by atoms with Crippen LogP contribution >= 0.6 is 39.1 Å². The lowest BCUT2D eigenvalue weighted by Gasteiger charge is -2.15. The Morgan fingerprint density at radius 2 is 1.88 bits per heavy atom. The van der Waals surface area contributed by atoms with E-state index in [0.717, 1.165) is 51.8 Å². The number of nitrogens with zero attached hydrogens (tertiary/aromatic N) is 1. The zero-order chi connectivity index (χ0) is 23.2. The van der Waals surface area contributed by atoms with Crippen LogP contribution in [-0.4, -0.2) is 23.6 Å². The van der Waals surface area contributed by atoms with Gasteiger partial charge in [-0.1, -0.05) is 57.3 Å². The van der Waals surface area contributed by atoms with E-state index in [0.29, 0.717) is 34.7 Å². The zero-order valence-corrected chi connectivity index (χ0v) is 21.2. The molecule has 8 heteroatoms. The summed E-state index contributed by atoms with van der Waals surface area (Å²) in [7, 11) is 1.63. The highest BCUT2D eigenvalue weighted by Crippen LogP contribution is 2.34. The molecule has 0 aliphatic heterocycles. The molecule has 172 valence electrons. The van der Waals surface area contributed by atoms with E-state index in [1.807, 2.05) is 42.5 Å². The highest BCUT2D eigenvalue weighted by Gasteiger charge is 2.12. The van der Waals surface area contributed by atoms with Gasteiger partial charge in [0.2, 0.25) is 0 Å². The van der Waals surface area contributed by atoms with Crippen molar-refractivity contribution in [2.24, 2.45) is 0 Å². The molecular formula is C25H24BrCl2N3O2. The van der Waals surface area contributed by atoms with E-state index in [2.05, 4.69) is 31.2 Å². The predicted molar refractivity (Wildman–Crippen MR) is 138 cm³/mol. The number of para-hydroxylation sites is 2. The minimum atomic E-state index is 0.318. The van der Waals surface area contributed by atoms with Crippen LogP contribution in [0.1, 0.15) is 23.4 Å². The molecule has 0 radical (unpaired) electrons. The van der Waals surface area contributed by atoms with Crippen LogP contribution in [0.4, 0.5) is 0 Å². The SMILES string of the molecule is COc1cc(CNCCCc2nc3ccccc3[nH]2)c(Br)cc1OCc1ccc(Cl)cc1Cl. The van der Waals surface area contributed by atoms with Crippen LogP contribution < -0.4 is 14.8 Å². The van der Waals surface area contributed by atoms with Gasteiger partial charge in [-0.3, -0.25) is 0 Å². The summed E-state index contributed by atoms with van der Waals surface area (Å²) in [5, 5.41) is 4.66. The van der Waals surface area contributed by atoms with Crippen LogP contribution in [0.15, 0.2) is 59.1 Å². The van der Waals surface area contributed by atoms with E-state index >= 15 is 0 Å². The molecule has 33 heavy (non-hydrogen) atoms. The number of methoxy groups -OCH3 is 1. The summed E-state index contributed by atoms with van der Waals surface area (Å²) in [6.07, 6.45) is 1.88. The number of rotatable bonds is 10. The molecule has 0 spiro atoms. The molecule has 0 atom stereocenters. The second kappa shape index (κ2) is 11.3. The molecule has 2 N–H and O–H groups in total. The Kier molecular flexibility index (Phi) is 8.15. The summed E-state index contributed by atoms with van der Waals surface area (Å²) < 4.78 is 12.5. The number of ether oxygens (including phenoxy) is 2. The molecule has 4 aromatic rings. The fraction of sp³-hybridized carbons (Fsp3) is 0.240. The molecule has 0 bridgehead atoms. The summed E-state index contributed by atoms with van der Waals surface area (Å²) in [4.78, 5) is 8.00. The van der Waals surface area contributed by atoms with Crippen molar-refractivity contribution in [1.82, 2.24) is 15.3 Å². The molecule has 0 saturated heterocycles. The number of aryl methyl sites for hydroxylation is 1. The van der Waals surface area contributed by atoms with Crippen LogP contribution in [-0.2, 0) is 19.6 Å². The maximum absolute atomic E-state index is 6.25. The first-order valence-electron chi connectivity index (χ1n) is 10.6. The summed E-state index contributed by atoms with van der Waals surface area (Å²) in [6.45, 7) is 1.90. The Morgan fingerprint density at radius 1 is 1.03 bits per heavy atom. The van der Waals surface area contributed by atoms with Crippen molar-refractivity contribution in [3.05, 3.63) is 86.1 Å². The molecule has 1 heterocycles. The van der Waals surface area contributed by atoms with Gasteiger partial charge in [0.25, 0.3) is 0 Å². The third-order valence-electron chi connectivity index (χ3n) is 5.25. The van der Waals surface area contributed by atoms with E-state index in [1.54, 1.807) is 19.2 Å². The van der Waals surface area contributed by atoms with Gasteiger partial charge in [-0.2, -0.15) is 0 Å². The molecule has 0 unspecified atom stereocenters. The molecule has 0 aliphatic rings. The summed E-state index contributed by atoms with van der Waals surface area (Å²) >= 11 is 15.9. The van der Waals surface area contributed by atoms with Crippen molar-refractivity contribution in [2.75, 3.05) is 13.7 Å². The Bertz CT molecular complexity index is 1210. The molecule has 0 amide bonds. The van der Waals surface area contributed by atoms with Crippen LogP contribution in [0, 0.1) is 0 Å². The van der Waals surface area contributed by atoms with Crippen molar-refractivity contribution in [2.45, 2.75) is 26.0 Å². The average molecular weight is 549 g/mol. The average Bonchev–Trinajstić information content (AvgIpc) is 3.22. The monoisotopic (exact) mass is 547 g/mol. The first-order valence-corrected chi connectivity index (χ1v) is 12.2. The third kappa shape index (κ3) is 6.21. The van der Waals surface area contributed by atoms with Crippen molar-refractivity contribution in [3.8, 4) is 11.5 Å². The molecule has 0 aliphatic carbocycles. The number of hydrogen-bond acceptors (Lipinski definition) is 4. The van der Waals surface area contributed by atoms with E-state index in [9.17, 15) is 0 Å². The first kappa shape index (κ1) is 23.9. The Hall–Kier alpha value is -2.25. The largest absolute Gasteiger partial charge is 0.493 e. The van der Waals surface area contributed by atoms with E-state index in [1.165, 1.54) is 0 Å². The second-order valence-corrected chi connectivity index (χ2v) is 9.30. The lowest BCUT2D eigenvalue weighted by Crippen LogP contribution is -2.16. The lowest BCUT2D eigenvalue weighted by atomic mass is 10.2. The summed E-state index contributed by atoms with van der Waals surface area (Å²) in [6, 6.07) is 17.4. The van der Waals surface area contributed by atoms with Gasteiger partial charge in [0, 0.05) is 33.0 Å². The number of nitrogens with one attached hydrogen (secondary N) is 2. The first-order chi connectivity index (χ1) is 16.0. The van der Waals surface area contributed by atoms with Gasteiger partial charge in [0.05, 0.1) is 18.1 Å². The third-order valence-corrected chi connectivity index (χ3v) is 6.58. The number of H-pyrrole nitrogens is 1. The molecule has 3 aromatic carbocycles. The lowest BCUT2D eigenvalue weighted by molar-refractivity contribution is 0.284. The molecular weight excluding hydrogens is 525 g/mol. The van der Waals surface area contributed by atoms with Crippen molar-refractivity contribution < 1.29 is 9.47 Å². The minimum absolute atomic E-state index is 0.318. The quantitative estimate of drug-likeness (QED) is 0.211. The fourth-order valence-electron chi connectivity index (χ4n) is 3.51. The predicted octanol–water partition coefficient (Wildman–Crippen LogP) is 6.94. The van der Waals surface area contributed by atoms with Crippen molar-refractivity contribution >= 4 is 50.2 Å². The zero-order valence-electron chi connectivity index (χ0n) is 18.1. The van der Waals surface area contributed by atoms with Gasteiger partial charge in [-0.25, -0.2) is 4.98 Å². The van der Waals surface area contributed by atoms with Gasteiger partial charge in [0.1, 0.15) is 12.4 Å². The molecule has 4 rings (SSSR count). The van der Waals surface area contributed by atoms with Crippen molar-refractivity contribution in [1.29, 1.82) is 0 Å². The molecule has 0 fully saturated rings. The Labute approximate surface area is 211 Å². The van der Waals surface area contributed by atoms with Crippen molar-refractivity contribution in [3.63, 3.8) is 0 Å². The molecule has 5 nitrogen and oxygen atoms in total. The second-order valence-electron chi connectivity index (χ2n) is 7.60. The van der Waals surface area contributed by atoms with Gasteiger partial charge in [-0.15, -0.1) is 0 Å². The number of aromatic nitrogens is 2. The number of fused-ring (bicyclic) bond motifs is 1. The van der Waals surface area contributed by atoms with Gasteiger partial charge >= 0.3 is 0 Å². The number of hydrogen-bond donors (Lipinski definition) is 2. The summed E-state index contributed by atoms with van der Waals surface area (Å²) in [5.74, 6) is 2.33. The number of halogens is 3. The van der Waals surface area contributed by atoms with Crippen LogP contribution in [0.25, 0.3) is 11.0 Å². The number of aromatic amines is 1. The fourth-order valence-corrected chi connectivity index (χ4v) is 4.43. The maximum Gasteiger partial charge on any atom is 0.162 e. The Balaban J connectivity index is 1.30. The number of benzene rings is 3. The standard InChI is InChI=1S/C25H24BrCl2N3O2/c1-32-23-11-17(14-29-10-4-7-25-30-21-5-2-3-6-22(21)31-25)19(26)13-24(23)33-15-16-8-9-18(27)12-20(16)28/h2-3,5-6,8-9,11-13,29H,4,7,10,14-15H2,1H3,(H,30,31). The highest BCUT2D eigenvalue weighted by molar-refractivity contribution is 9.10. The topological polar surface area (TPSA) is 59.2 Å². The van der Waals surface area contributed by atoms with E-state index in [4.69, 9.17) is 32.7 Å². The van der Waals surface area contributed by atoms with Gasteiger partial charge in [-0.05, 0) is 54.9 Å². The van der Waals surface area contributed by atoms with E-state index in [-0.39, 0.29) is 0 Å². The van der Waals surface area contributed by atoms with Gasteiger partial charge < -0.3 is 19.8 Å². The highest BCUT2D eigenvalue weighted by atomic mass is 79.9. The van der Waals surface area contributed by atoms with Crippen LogP contribution in [0.5, 0.6) is 11.5 Å². The van der Waals surface area contributed by atoms with Crippen LogP contribution in [0.3, 0.4) is 0 Å². The smallest absolute Gasteiger partial charge is 0.162 e. The Morgan fingerprint density at radius 3 is 2.67 bits per heavy atom. The molecule has 0 saturated carbocycles. The van der Waals surface area contributed by atoms with E-state index < -0.39 is 0 Å². The minimum Gasteiger partial charge on any atom is -0.493 e. The van der Waals surface area contributed by atoms with Gasteiger partial charge in [0.15, 0.2) is 11.5 Å². The van der Waals surface area contributed by atoms with Crippen LogP contribution in [0.2, 0.25) is 10.0 Å².